The van der Waals surface area contributed by atoms with Crippen LogP contribution in [0.25, 0.3) is 0 Å². The van der Waals surface area contributed by atoms with Crippen molar-refractivity contribution in [2.24, 2.45) is 0 Å². The number of carbonyl (C=O) groups excluding carboxylic acids is 2. The molecule has 4 nitrogen and oxygen atoms in total. The second-order valence-electron chi connectivity index (χ2n) is 3.73. The summed E-state index contributed by atoms with van der Waals surface area (Å²) >= 11 is 6.90. The maximum atomic E-state index is 13.4. The summed E-state index contributed by atoms with van der Waals surface area (Å²) in [5.41, 5.74) is -0.0605. The molecule has 2 rings (SSSR count). The molecule has 1 aromatic heterocycles. The normalized spacial score (nSPS) is 10.1. The van der Waals surface area contributed by atoms with E-state index >= 15 is 0 Å². The van der Waals surface area contributed by atoms with Gasteiger partial charge in [0, 0.05) is 5.02 Å². The third-order valence-corrected chi connectivity index (χ3v) is 3.34. The number of carbonyl (C=O) groups is 2. The topological polar surface area (TPSA) is 55.4 Å². The lowest BCUT2D eigenvalue weighted by Crippen LogP contribution is -2.21. The van der Waals surface area contributed by atoms with Gasteiger partial charge in [-0.1, -0.05) is 17.7 Å². The first kappa shape index (κ1) is 14.5. The minimum absolute atomic E-state index is 0.0605. The number of amides is 1. The fourth-order valence-electron chi connectivity index (χ4n) is 1.38. The summed E-state index contributed by atoms with van der Waals surface area (Å²) in [5, 5.41) is 4.29. The Morgan fingerprint density at radius 3 is 2.85 bits per heavy atom. The van der Waals surface area contributed by atoms with Crippen molar-refractivity contribution in [3.8, 4) is 0 Å². The molecule has 0 bridgehead atoms. The van der Waals surface area contributed by atoms with Gasteiger partial charge in [0.25, 0.3) is 5.91 Å². The van der Waals surface area contributed by atoms with Crippen molar-refractivity contribution in [2.45, 2.75) is 0 Å². The minimum atomic E-state index is -0.643. The van der Waals surface area contributed by atoms with Crippen LogP contribution in [0.3, 0.4) is 0 Å². The fourth-order valence-corrected chi connectivity index (χ4v) is 2.16. The second kappa shape index (κ2) is 6.49. The molecule has 0 unspecified atom stereocenters. The van der Waals surface area contributed by atoms with Crippen molar-refractivity contribution in [3.05, 3.63) is 51.4 Å². The average Bonchev–Trinajstić information content (AvgIpc) is 2.94. The van der Waals surface area contributed by atoms with Crippen molar-refractivity contribution < 1.29 is 18.7 Å². The molecule has 1 N–H and O–H groups in total. The minimum Gasteiger partial charge on any atom is -0.451 e. The highest BCUT2D eigenvalue weighted by atomic mass is 35.5. The molecule has 0 atom stereocenters. The fraction of sp³-hybridized carbons (Fsp3) is 0.0769. The lowest BCUT2D eigenvalue weighted by molar-refractivity contribution is -0.119. The van der Waals surface area contributed by atoms with Crippen LogP contribution in [0.15, 0.2) is 35.7 Å². The van der Waals surface area contributed by atoms with E-state index in [0.717, 1.165) is 6.07 Å². The molecule has 0 fully saturated rings. The van der Waals surface area contributed by atoms with Crippen LogP contribution in [0.5, 0.6) is 0 Å². The summed E-state index contributed by atoms with van der Waals surface area (Å²) in [6, 6.07) is 7.05. The molecule has 0 aliphatic rings. The van der Waals surface area contributed by atoms with Crippen LogP contribution in [0.2, 0.25) is 5.02 Å². The predicted molar refractivity (Wildman–Crippen MR) is 74.6 cm³/mol. The number of benzene rings is 1. The van der Waals surface area contributed by atoms with Gasteiger partial charge in [-0.3, -0.25) is 4.79 Å². The van der Waals surface area contributed by atoms with Gasteiger partial charge >= 0.3 is 5.97 Å². The smallest absolute Gasteiger partial charge is 0.348 e. The average molecular weight is 314 g/mol. The van der Waals surface area contributed by atoms with Crippen LogP contribution in [0, 0.1) is 5.82 Å². The maximum absolute atomic E-state index is 13.4. The standard InChI is InChI=1S/C13H9ClFNO3S/c14-8-3-4-9(15)10(6-8)16-12(17)7-19-13(18)11-2-1-5-20-11/h1-6H,7H2,(H,16,17). The van der Waals surface area contributed by atoms with Crippen LogP contribution < -0.4 is 5.32 Å². The number of hydrogen-bond donors (Lipinski definition) is 1. The Bertz CT molecular complexity index is 631. The van der Waals surface area contributed by atoms with E-state index in [1.807, 2.05) is 0 Å². The van der Waals surface area contributed by atoms with Crippen LogP contribution in [-0.4, -0.2) is 18.5 Å². The van der Waals surface area contributed by atoms with Gasteiger partial charge in [-0.05, 0) is 29.6 Å². The van der Waals surface area contributed by atoms with Gasteiger partial charge in [-0.2, -0.15) is 0 Å². The molecule has 104 valence electrons. The number of halogens is 2. The number of nitrogens with one attached hydrogen (secondary N) is 1. The van der Waals surface area contributed by atoms with Crippen LogP contribution in [-0.2, 0) is 9.53 Å². The first-order valence-corrected chi connectivity index (χ1v) is 6.77. The molecule has 0 aliphatic carbocycles. The SMILES string of the molecule is O=C(COC(=O)c1cccs1)Nc1cc(Cl)ccc1F. The zero-order chi connectivity index (χ0) is 14.5. The van der Waals surface area contributed by atoms with Gasteiger partial charge in [0.05, 0.1) is 5.69 Å². The number of thiophene rings is 1. The van der Waals surface area contributed by atoms with E-state index < -0.39 is 24.3 Å². The first-order chi connectivity index (χ1) is 9.56. The zero-order valence-electron chi connectivity index (χ0n) is 10.1. The Kier molecular flexibility index (Phi) is 4.70. The molecule has 0 radical (unpaired) electrons. The Balaban J connectivity index is 1.90. The lowest BCUT2D eigenvalue weighted by Gasteiger charge is -2.07. The summed E-state index contributed by atoms with van der Waals surface area (Å²) in [7, 11) is 0. The van der Waals surface area contributed by atoms with Crippen molar-refractivity contribution in [2.75, 3.05) is 11.9 Å². The van der Waals surface area contributed by atoms with Crippen molar-refractivity contribution >= 4 is 40.5 Å². The van der Waals surface area contributed by atoms with Gasteiger partial charge in [0.2, 0.25) is 0 Å². The highest BCUT2D eigenvalue weighted by Crippen LogP contribution is 2.19. The monoisotopic (exact) mass is 313 g/mol. The summed E-state index contributed by atoms with van der Waals surface area (Å²) in [6.45, 7) is -0.497. The lowest BCUT2D eigenvalue weighted by atomic mass is 10.3. The van der Waals surface area contributed by atoms with E-state index in [0.29, 0.717) is 4.88 Å². The molecule has 7 heteroatoms. The van der Waals surface area contributed by atoms with Crippen LogP contribution >= 0.6 is 22.9 Å². The van der Waals surface area contributed by atoms with E-state index in [4.69, 9.17) is 16.3 Å². The molecule has 2 aromatic rings. The van der Waals surface area contributed by atoms with Crippen molar-refractivity contribution in [3.63, 3.8) is 0 Å². The van der Waals surface area contributed by atoms with Gasteiger partial charge in [-0.25, -0.2) is 9.18 Å². The molecule has 1 aromatic carbocycles. The molecular formula is C13H9ClFNO3S. The van der Waals surface area contributed by atoms with Crippen LogP contribution in [0.1, 0.15) is 9.67 Å². The Morgan fingerprint density at radius 1 is 1.35 bits per heavy atom. The van der Waals surface area contributed by atoms with E-state index in [1.165, 1.54) is 23.5 Å². The summed E-state index contributed by atoms with van der Waals surface area (Å²) < 4.78 is 18.2. The zero-order valence-corrected chi connectivity index (χ0v) is 11.6. The number of hydrogen-bond acceptors (Lipinski definition) is 4. The number of rotatable bonds is 4. The van der Waals surface area contributed by atoms with Crippen molar-refractivity contribution in [1.29, 1.82) is 0 Å². The summed E-state index contributed by atoms with van der Waals surface area (Å²) in [6.07, 6.45) is 0. The summed E-state index contributed by atoms with van der Waals surface area (Å²) in [4.78, 5) is 23.4. The van der Waals surface area contributed by atoms with E-state index in [-0.39, 0.29) is 10.7 Å². The van der Waals surface area contributed by atoms with Gasteiger partial charge in [0.1, 0.15) is 10.7 Å². The highest BCUT2D eigenvalue weighted by molar-refractivity contribution is 7.11. The Hall–Kier alpha value is -1.92. The molecule has 1 heterocycles. The maximum Gasteiger partial charge on any atom is 0.348 e. The number of anilines is 1. The molecule has 0 saturated heterocycles. The van der Waals surface area contributed by atoms with E-state index in [1.54, 1.807) is 17.5 Å². The Labute approximate surface area is 123 Å². The molecule has 0 spiro atoms. The second-order valence-corrected chi connectivity index (χ2v) is 5.11. The van der Waals surface area contributed by atoms with Gasteiger partial charge in [-0.15, -0.1) is 11.3 Å². The summed E-state index contributed by atoms with van der Waals surface area (Å²) in [5.74, 6) is -1.86. The van der Waals surface area contributed by atoms with E-state index in [9.17, 15) is 14.0 Å². The quantitative estimate of drug-likeness (QED) is 0.881. The third-order valence-electron chi connectivity index (χ3n) is 2.26. The molecule has 1 amide bonds. The molecule has 0 saturated carbocycles. The van der Waals surface area contributed by atoms with Gasteiger partial charge in [0.15, 0.2) is 6.61 Å². The largest absolute Gasteiger partial charge is 0.451 e. The first-order valence-electron chi connectivity index (χ1n) is 5.52. The number of ether oxygens (including phenoxy) is 1. The molecule has 0 aliphatic heterocycles. The van der Waals surface area contributed by atoms with Gasteiger partial charge < -0.3 is 10.1 Å². The predicted octanol–water partition coefficient (Wildman–Crippen LogP) is 3.34. The number of esters is 1. The Morgan fingerprint density at radius 2 is 2.15 bits per heavy atom. The van der Waals surface area contributed by atoms with Crippen LogP contribution in [0.4, 0.5) is 10.1 Å². The third kappa shape index (κ3) is 3.79. The van der Waals surface area contributed by atoms with Crippen molar-refractivity contribution in [1.82, 2.24) is 0 Å². The molecule has 20 heavy (non-hydrogen) atoms. The highest BCUT2D eigenvalue weighted by Gasteiger charge is 2.12. The van der Waals surface area contributed by atoms with E-state index in [2.05, 4.69) is 5.32 Å². The molecular weight excluding hydrogens is 305 g/mol.